The Labute approximate surface area is 130 Å². The number of hydrogen-bond donors (Lipinski definition) is 2. The molecule has 0 spiro atoms. The van der Waals surface area contributed by atoms with Crippen molar-refractivity contribution in [2.45, 2.75) is 12.3 Å². The number of halogens is 1. The monoisotopic (exact) mass is 300 g/mol. The molecule has 1 atom stereocenters. The first kappa shape index (κ1) is 16.2. The van der Waals surface area contributed by atoms with E-state index in [0.29, 0.717) is 13.0 Å². The maximum atomic E-state index is 13.1. The number of amides is 1. The number of nitrogens with one attached hydrogen (secondary N) is 2. The van der Waals surface area contributed by atoms with Crippen molar-refractivity contribution in [3.05, 3.63) is 71.5 Å². The van der Waals surface area contributed by atoms with Gasteiger partial charge >= 0.3 is 0 Å². The molecule has 0 saturated heterocycles. The molecule has 0 fully saturated rings. The Bertz CT molecular complexity index is 584. The second kappa shape index (κ2) is 8.29. The molecule has 0 aliphatic heterocycles. The van der Waals surface area contributed by atoms with Gasteiger partial charge in [-0.25, -0.2) is 4.39 Å². The summed E-state index contributed by atoms with van der Waals surface area (Å²) in [5.41, 5.74) is 1.99. The lowest BCUT2D eigenvalue weighted by Crippen LogP contribution is -2.31. The third-order valence-electron chi connectivity index (χ3n) is 3.56. The Morgan fingerprint density at radius 2 is 1.64 bits per heavy atom. The SMILES string of the molecule is CNCCNC(=O)C[C@@H](c1ccccc1)c1ccc(F)cc1. The van der Waals surface area contributed by atoms with Crippen molar-refractivity contribution in [3.63, 3.8) is 0 Å². The van der Waals surface area contributed by atoms with Crippen LogP contribution in [-0.4, -0.2) is 26.0 Å². The molecule has 4 heteroatoms. The summed E-state index contributed by atoms with van der Waals surface area (Å²) in [6.45, 7) is 1.33. The van der Waals surface area contributed by atoms with Crippen LogP contribution < -0.4 is 10.6 Å². The molecule has 0 bridgehead atoms. The van der Waals surface area contributed by atoms with Gasteiger partial charge in [-0.3, -0.25) is 4.79 Å². The topological polar surface area (TPSA) is 41.1 Å². The van der Waals surface area contributed by atoms with Crippen molar-refractivity contribution in [1.29, 1.82) is 0 Å². The molecule has 2 aromatic carbocycles. The molecule has 0 radical (unpaired) electrons. The third-order valence-corrected chi connectivity index (χ3v) is 3.56. The molecular formula is C18H21FN2O. The lowest BCUT2D eigenvalue weighted by Gasteiger charge is -2.18. The first-order valence-electron chi connectivity index (χ1n) is 7.42. The van der Waals surface area contributed by atoms with E-state index in [1.165, 1.54) is 12.1 Å². The molecule has 0 unspecified atom stereocenters. The van der Waals surface area contributed by atoms with E-state index in [9.17, 15) is 9.18 Å². The molecule has 2 N–H and O–H groups in total. The predicted molar refractivity (Wildman–Crippen MR) is 86.2 cm³/mol. The van der Waals surface area contributed by atoms with Crippen molar-refractivity contribution in [3.8, 4) is 0 Å². The first-order valence-corrected chi connectivity index (χ1v) is 7.42. The fourth-order valence-corrected chi connectivity index (χ4v) is 2.39. The van der Waals surface area contributed by atoms with Gasteiger partial charge in [0.2, 0.25) is 5.91 Å². The van der Waals surface area contributed by atoms with E-state index >= 15 is 0 Å². The average Bonchev–Trinajstić information content (AvgIpc) is 2.55. The second-order valence-corrected chi connectivity index (χ2v) is 5.17. The molecule has 0 aliphatic carbocycles. The van der Waals surface area contributed by atoms with Gasteiger partial charge in [-0.1, -0.05) is 42.5 Å². The predicted octanol–water partition coefficient (Wildman–Crippen LogP) is 2.68. The lowest BCUT2D eigenvalue weighted by atomic mass is 9.88. The molecule has 2 aromatic rings. The third kappa shape index (κ3) is 4.67. The molecule has 0 saturated carbocycles. The van der Waals surface area contributed by atoms with Crippen LogP contribution in [0.25, 0.3) is 0 Å². The quantitative estimate of drug-likeness (QED) is 0.772. The van der Waals surface area contributed by atoms with E-state index in [1.807, 2.05) is 37.4 Å². The van der Waals surface area contributed by atoms with E-state index in [4.69, 9.17) is 0 Å². The molecule has 3 nitrogen and oxygen atoms in total. The van der Waals surface area contributed by atoms with E-state index in [0.717, 1.165) is 17.7 Å². The first-order chi connectivity index (χ1) is 10.7. The minimum absolute atomic E-state index is 0.00609. The highest BCUT2D eigenvalue weighted by Gasteiger charge is 2.18. The van der Waals surface area contributed by atoms with Crippen LogP contribution in [0.1, 0.15) is 23.5 Å². The van der Waals surface area contributed by atoms with Gasteiger partial charge in [-0.2, -0.15) is 0 Å². The van der Waals surface area contributed by atoms with Crippen LogP contribution in [0.5, 0.6) is 0 Å². The van der Waals surface area contributed by atoms with Gasteiger partial charge in [0, 0.05) is 25.4 Å². The maximum absolute atomic E-state index is 13.1. The maximum Gasteiger partial charge on any atom is 0.220 e. The minimum atomic E-state index is -0.269. The Kier molecular flexibility index (Phi) is 6.10. The second-order valence-electron chi connectivity index (χ2n) is 5.17. The van der Waals surface area contributed by atoms with Crippen molar-refractivity contribution in [1.82, 2.24) is 10.6 Å². The zero-order valence-corrected chi connectivity index (χ0v) is 12.7. The molecule has 116 valence electrons. The van der Waals surface area contributed by atoms with E-state index in [2.05, 4.69) is 10.6 Å². The van der Waals surface area contributed by atoms with E-state index in [1.54, 1.807) is 12.1 Å². The zero-order valence-electron chi connectivity index (χ0n) is 12.7. The number of likely N-dealkylation sites (N-methyl/N-ethyl adjacent to an activating group) is 1. The van der Waals surface area contributed by atoms with Gasteiger partial charge in [0.25, 0.3) is 0 Å². The summed E-state index contributed by atoms with van der Waals surface area (Å²) in [5.74, 6) is -0.348. The summed E-state index contributed by atoms with van der Waals surface area (Å²) in [6.07, 6.45) is 0.347. The summed E-state index contributed by atoms with van der Waals surface area (Å²) in [5, 5.41) is 5.88. The molecule has 0 aliphatic rings. The number of benzene rings is 2. The van der Waals surface area contributed by atoms with Crippen LogP contribution in [0, 0.1) is 5.82 Å². The number of carbonyl (C=O) groups excluding carboxylic acids is 1. The van der Waals surface area contributed by atoms with Crippen LogP contribution >= 0.6 is 0 Å². The molecule has 0 aromatic heterocycles. The Morgan fingerprint density at radius 3 is 2.27 bits per heavy atom. The Hall–Kier alpha value is -2.20. The number of hydrogen-bond acceptors (Lipinski definition) is 2. The largest absolute Gasteiger partial charge is 0.355 e. The van der Waals surface area contributed by atoms with E-state index in [-0.39, 0.29) is 17.6 Å². The fraction of sp³-hybridized carbons (Fsp3) is 0.278. The number of rotatable bonds is 7. The van der Waals surface area contributed by atoms with Crippen LogP contribution in [0.4, 0.5) is 4.39 Å². The summed E-state index contributed by atoms with van der Waals surface area (Å²) >= 11 is 0. The van der Waals surface area contributed by atoms with Gasteiger partial charge in [-0.15, -0.1) is 0 Å². The average molecular weight is 300 g/mol. The van der Waals surface area contributed by atoms with Crippen molar-refractivity contribution in [2.75, 3.05) is 20.1 Å². The molecule has 0 heterocycles. The minimum Gasteiger partial charge on any atom is -0.355 e. The van der Waals surface area contributed by atoms with Crippen LogP contribution in [0.3, 0.4) is 0 Å². The standard InChI is InChI=1S/C18H21FN2O/c1-20-11-12-21-18(22)13-17(14-5-3-2-4-6-14)15-7-9-16(19)10-8-15/h2-10,17,20H,11-13H2,1H3,(H,21,22)/t17-/m0/s1. The van der Waals surface area contributed by atoms with E-state index < -0.39 is 0 Å². The highest BCUT2D eigenvalue weighted by Crippen LogP contribution is 2.28. The normalized spacial score (nSPS) is 11.9. The van der Waals surface area contributed by atoms with Gasteiger partial charge in [-0.05, 0) is 30.3 Å². The zero-order chi connectivity index (χ0) is 15.8. The van der Waals surface area contributed by atoms with Crippen LogP contribution in [0.15, 0.2) is 54.6 Å². The van der Waals surface area contributed by atoms with Gasteiger partial charge in [0.1, 0.15) is 5.82 Å². The van der Waals surface area contributed by atoms with Gasteiger partial charge in [0.05, 0.1) is 0 Å². The highest BCUT2D eigenvalue weighted by atomic mass is 19.1. The van der Waals surface area contributed by atoms with Gasteiger partial charge < -0.3 is 10.6 Å². The fourth-order valence-electron chi connectivity index (χ4n) is 2.39. The lowest BCUT2D eigenvalue weighted by molar-refractivity contribution is -0.121. The summed E-state index contributed by atoms with van der Waals surface area (Å²) in [4.78, 5) is 12.1. The summed E-state index contributed by atoms with van der Waals surface area (Å²) < 4.78 is 13.1. The van der Waals surface area contributed by atoms with Crippen molar-refractivity contribution < 1.29 is 9.18 Å². The molecule has 2 rings (SSSR count). The van der Waals surface area contributed by atoms with Crippen molar-refractivity contribution >= 4 is 5.91 Å². The summed E-state index contributed by atoms with van der Waals surface area (Å²) in [6, 6.07) is 16.2. The molecule has 22 heavy (non-hydrogen) atoms. The molecular weight excluding hydrogens is 279 g/mol. The molecule has 1 amide bonds. The highest BCUT2D eigenvalue weighted by molar-refractivity contribution is 5.77. The summed E-state index contributed by atoms with van der Waals surface area (Å²) in [7, 11) is 1.84. The Balaban J connectivity index is 2.15. The Morgan fingerprint density at radius 1 is 1.00 bits per heavy atom. The number of carbonyl (C=O) groups is 1. The van der Waals surface area contributed by atoms with Crippen molar-refractivity contribution in [2.24, 2.45) is 0 Å². The van der Waals surface area contributed by atoms with Crippen LogP contribution in [-0.2, 0) is 4.79 Å². The van der Waals surface area contributed by atoms with Crippen LogP contribution in [0.2, 0.25) is 0 Å². The van der Waals surface area contributed by atoms with Gasteiger partial charge in [0.15, 0.2) is 0 Å². The smallest absolute Gasteiger partial charge is 0.220 e.